The predicted octanol–water partition coefficient (Wildman–Crippen LogP) is 3.00. The minimum absolute atomic E-state index is 0.0382. The van der Waals surface area contributed by atoms with Gasteiger partial charge in [0.05, 0.1) is 15.5 Å². The number of rotatable bonds is 4. The van der Waals surface area contributed by atoms with Crippen molar-refractivity contribution >= 4 is 21.4 Å². The van der Waals surface area contributed by atoms with Crippen molar-refractivity contribution in [1.29, 1.82) is 0 Å². The molecule has 2 rings (SSSR count). The van der Waals surface area contributed by atoms with Gasteiger partial charge in [-0.2, -0.15) is 18.4 Å². The number of sulfonamides is 1. The zero-order valence-corrected chi connectivity index (χ0v) is 14.1. The Bertz CT molecular complexity index is 777. The van der Waals surface area contributed by atoms with Gasteiger partial charge < -0.3 is 0 Å². The molecule has 0 bridgehead atoms. The number of nitrogens with one attached hydrogen (secondary N) is 1. The number of hydrogen-bond donors (Lipinski definition) is 1. The molecule has 1 aliphatic carbocycles. The van der Waals surface area contributed by atoms with Gasteiger partial charge >= 0.3 is 0 Å². The van der Waals surface area contributed by atoms with Crippen LogP contribution in [0.15, 0.2) is 45.9 Å². The standard InChI is InChI=1S/C15H19N3O4S/c1-11-8-12(10-15(2,3)9-11)16-17-23(21,22)14-6-4-13(5-7-14)18(19)20/h4-8,17H,9-10H2,1-3H3/b16-12+. The largest absolute Gasteiger partial charge is 0.276 e. The third kappa shape index (κ3) is 4.38. The molecule has 1 aliphatic rings. The first-order valence-electron chi connectivity index (χ1n) is 7.09. The number of allylic oxidation sites excluding steroid dienone is 2. The molecule has 1 aromatic carbocycles. The second kappa shape index (κ2) is 6.11. The molecule has 1 N–H and O–H groups in total. The fourth-order valence-electron chi connectivity index (χ4n) is 2.68. The Hall–Kier alpha value is -2.22. The number of hydrogen-bond acceptors (Lipinski definition) is 5. The van der Waals surface area contributed by atoms with Gasteiger partial charge in [0.1, 0.15) is 0 Å². The first-order valence-corrected chi connectivity index (χ1v) is 8.57. The van der Waals surface area contributed by atoms with Crippen molar-refractivity contribution in [2.75, 3.05) is 0 Å². The van der Waals surface area contributed by atoms with Crippen molar-refractivity contribution in [3.8, 4) is 0 Å². The lowest BCUT2D eigenvalue weighted by atomic mass is 9.77. The van der Waals surface area contributed by atoms with Crippen LogP contribution >= 0.6 is 0 Å². The van der Waals surface area contributed by atoms with Crippen LogP contribution in [0.3, 0.4) is 0 Å². The molecule has 0 saturated carbocycles. The molecule has 0 amide bonds. The SMILES string of the molecule is CC1=C/C(=N\NS(=O)(=O)c2ccc([N+](=O)[O-])cc2)CC(C)(C)C1. The molecule has 124 valence electrons. The van der Waals surface area contributed by atoms with Gasteiger partial charge in [-0.3, -0.25) is 10.1 Å². The van der Waals surface area contributed by atoms with E-state index in [2.05, 4.69) is 23.8 Å². The van der Waals surface area contributed by atoms with E-state index in [4.69, 9.17) is 0 Å². The van der Waals surface area contributed by atoms with E-state index in [9.17, 15) is 18.5 Å². The van der Waals surface area contributed by atoms with E-state index in [-0.39, 0.29) is 16.0 Å². The van der Waals surface area contributed by atoms with Crippen LogP contribution < -0.4 is 4.83 Å². The number of hydrazone groups is 1. The Labute approximate surface area is 135 Å². The Morgan fingerprint density at radius 2 is 1.83 bits per heavy atom. The quantitative estimate of drug-likeness (QED) is 0.674. The normalized spacial score (nSPS) is 19.3. The molecule has 0 aromatic heterocycles. The van der Waals surface area contributed by atoms with Gasteiger partial charge in [-0.05, 0) is 43.4 Å². The molecule has 0 unspecified atom stereocenters. The lowest BCUT2D eigenvalue weighted by Crippen LogP contribution is -2.25. The lowest BCUT2D eigenvalue weighted by molar-refractivity contribution is -0.384. The Morgan fingerprint density at radius 3 is 2.35 bits per heavy atom. The molecule has 0 heterocycles. The molecule has 7 nitrogen and oxygen atoms in total. The lowest BCUT2D eigenvalue weighted by Gasteiger charge is -2.29. The first-order chi connectivity index (χ1) is 10.6. The number of non-ortho nitro benzene ring substituents is 1. The summed E-state index contributed by atoms with van der Waals surface area (Å²) in [5.74, 6) is 0. The first kappa shape index (κ1) is 17.1. The maximum atomic E-state index is 12.2. The third-order valence-electron chi connectivity index (χ3n) is 3.50. The number of nitro benzene ring substituents is 1. The van der Waals surface area contributed by atoms with Gasteiger partial charge in [-0.1, -0.05) is 19.4 Å². The molecule has 0 atom stereocenters. The molecule has 23 heavy (non-hydrogen) atoms. The summed E-state index contributed by atoms with van der Waals surface area (Å²) in [6, 6.07) is 4.67. The van der Waals surface area contributed by atoms with Crippen molar-refractivity contribution in [2.24, 2.45) is 10.5 Å². The van der Waals surface area contributed by atoms with E-state index >= 15 is 0 Å². The fourth-order valence-corrected chi connectivity index (χ4v) is 3.52. The summed E-state index contributed by atoms with van der Waals surface area (Å²) in [7, 11) is -3.85. The summed E-state index contributed by atoms with van der Waals surface area (Å²) in [6.07, 6.45) is 3.50. The Morgan fingerprint density at radius 1 is 1.22 bits per heavy atom. The summed E-state index contributed by atoms with van der Waals surface area (Å²) in [5.41, 5.74) is 1.69. The van der Waals surface area contributed by atoms with E-state index < -0.39 is 14.9 Å². The van der Waals surface area contributed by atoms with Crippen molar-refractivity contribution in [1.82, 2.24) is 4.83 Å². The van der Waals surface area contributed by atoms with Gasteiger partial charge in [0.2, 0.25) is 0 Å². The van der Waals surface area contributed by atoms with Crippen LogP contribution in [0.2, 0.25) is 0 Å². The van der Waals surface area contributed by atoms with Gasteiger partial charge in [0.25, 0.3) is 15.7 Å². The second-order valence-electron chi connectivity index (χ2n) is 6.46. The summed E-state index contributed by atoms with van der Waals surface area (Å²) >= 11 is 0. The minimum atomic E-state index is -3.85. The average molecular weight is 337 g/mol. The van der Waals surface area contributed by atoms with Crippen molar-refractivity contribution in [2.45, 2.75) is 38.5 Å². The van der Waals surface area contributed by atoms with Crippen molar-refractivity contribution < 1.29 is 13.3 Å². The maximum Gasteiger partial charge on any atom is 0.276 e. The smallest absolute Gasteiger partial charge is 0.258 e. The second-order valence-corrected chi connectivity index (χ2v) is 8.12. The van der Waals surface area contributed by atoms with Gasteiger partial charge in [0.15, 0.2) is 0 Å². The molecular weight excluding hydrogens is 318 g/mol. The Balaban J connectivity index is 2.20. The summed E-state index contributed by atoms with van der Waals surface area (Å²) < 4.78 is 24.4. The van der Waals surface area contributed by atoms with Crippen molar-refractivity contribution in [3.63, 3.8) is 0 Å². The van der Waals surface area contributed by atoms with Crippen LogP contribution in [0.4, 0.5) is 5.69 Å². The average Bonchev–Trinajstić information content (AvgIpc) is 2.43. The number of benzene rings is 1. The summed E-state index contributed by atoms with van der Waals surface area (Å²) in [4.78, 5) is 12.1. The maximum absolute atomic E-state index is 12.2. The van der Waals surface area contributed by atoms with Gasteiger partial charge in [-0.15, -0.1) is 0 Å². The van der Waals surface area contributed by atoms with Crippen LogP contribution in [-0.2, 0) is 10.0 Å². The van der Waals surface area contributed by atoms with E-state index in [0.717, 1.165) is 24.1 Å². The molecule has 0 aliphatic heterocycles. The van der Waals surface area contributed by atoms with Crippen LogP contribution in [0, 0.1) is 15.5 Å². The van der Waals surface area contributed by atoms with Crippen molar-refractivity contribution in [3.05, 3.63) is 46.0 Å². The Kier molecular flexibility index (Phi) is 4.56. The van der Waals surface area contributed by atoms with E-state index in [1.165, 1.54) is 12.1 Å². The molecule has 0 radical (unpaired) electrons. The zero-order valence-electron chi connectivity index (χ0n) is 13.2. The highest BCUT2D eigenvalue weighted by atomic mass is 32.2. The summed E-state index contributed by atoms with van der Waals surface area (Å²) in [5, 5.41) is 14.6. The van der Waals surface area contributed by atoms with E-state index in [1.807, 2.05) is 13.0 Å². The monoisotopic (exact) mass is 337 g/mol. The van der Waals surface area contributed by atoms with Gasteiger partial charge in [0, 0.05) is 12.1 Å². The zero-order chi connectivity index (χ0) is 17.3. The highest BCUT2D eigenvalue weighted by Crippen LogP contribution is 2.33. The van der Waals surface area contributed by atoms with E-state index in [1.54, 1.807) is 0 Å². The molecule has 1 aromatic rings. The predicted molar refractivity (Wildman–Crippen MR) is 87.6 cm³/mol. The summed E-state index contributed by atoms with van der Waals surface area (Å²) in [6.45, 7) is 6.19. The third-order valence-corrected chi connectivity index (χ3v) is 4.72. The molecule has 0 fully saturated rings. The van der Waals surface area contributed by atoms with Crippen LogP contribution in [-0.4, -0.2) is 19.1 Å². The van der Waals surface area contributed by atoms with Crippen LogP contribution in [0.25, 0.3) is 0 Å². The van der Waals surface area contributed by atoms with Crippen LogP contribution in [0.5, 0.6) is 0 Å². The molecule has 0 saturated heterocycles. The van der Waals surface area contributed by atoms with Gasteiger partial charge in [-0.25, -0.2) is 0 Å². The molecule has 0 spiro atoms. The number of nitro groups is 1. The number of nitrogens with zero attached hydrogens (tertiary/aromatic N) is 2. The van der Waals surface area contributed by atoms with E-state index in [0.29, 0.717) is 12.1 Å². The molecular formula is C15H19N3O4S. The topological polar surface area (TPSA) is 102 Å². The van der Waals surface area contributed by atoms with Crippen LogP contribution in [0.1, 0.15) is 33.6 Å². The fraction of sp³-hybridized carbons (Fsp3) is 0.400. The minimum Gasteiger partial charge on any atom is -0.258 e. The highest BCUT2D eigenvalue weighted by molar-refractivity contribution is 7.89. The molecule has 8 heteroatoms. The highest BCUT2D eigenvalue weighted by Gasteiger charge is 2.25.